The van der Waals surface area contributed by atoms with E-state index in [-0.39, 0.29) is 0 Å². The van der Waals surface area contributed by atoms with Crippen molar-refractivity contribution in [2.75, 3.05) is 0 Å². The highest BCUT2D eigenvalue weighted by Gasteiger charge is 2.24. The highest BCUT2D eigenvalue weighted by molar-refractivity contribution is 6.32. The van der Waals surface area contributed by atoms with Crippen LogP contribution in [0, 0.1) is 0 Å². The van der Waals surface area contributed by atoms with E-state index in [9.17, 15) is 0 Å². The maximum atomic E-state index is 2.35. The second kappa shape index (κ2) is 31.5. The van der Waals surface area contributed by atoms with Crippen molar-refractivity contribution in [3.63, 3.8) is 0 Å². The highest BCUT2D eigenvalue weighted by Crippen LogP contribution is 2.52. The summed E-state index contributed by atoms with van der Waals surface area (Å²) >= 11 is 0. The summed E-state index contributed by atoms with van der Waals surface area (Å²) in [4.78, 5) is 0. The quantitative estimate of drug-likeness (QED) is 0.0946. The Morgan fingerprint density at radius 3 is 0.656 bits per heavy atom. The van der Waals surface area contributed by atoms with E-state index in [0.717, 1.165) is 0 Å². The minimum absolute atomic E-state index is 1.23. The van der Waals surface area contributed by atoms with Crippen molar-refractivity contribution in [3.05, 3.63) is 485 Å². The maximum absolute atomic E-state index is 2.35. The van der Waals surface area contributed by atoms with E-state index in [2.05, 4.69) is 485 Å². The van der Waals surface area contributed by atoms with Gasteiger partial charge in [-0.2, -0.15) is 0 Å². The van der Waals surface area contributed by atoms with Crippen LogP contribution < -0.4 is 0 Å². The first-order valence-corrected chi connectivity index (χ1v) is 42.3. The normalized spacial score (nSPS) is 11.4. The summed E-state index contributed by atoms with van der Waals surface area (Å²) in [5.74, 6) is 0. The van der Waals surface area contributed by atoms with Crippen LogP contribution in [0.1, 0.15) is 0 Å². The lowest BCUT2D eigenvalue weighted by Crippen LogP contribution is -1.93. The Morgan fingerprint density at radius 2 is 0.303 bits per heavy atom. The molecule has 0 saturated carbocycles. The van der Waals surface area contributed by atoms with Crippen LogP contribution in [0.25, 0.3) is 230 Å². The van der Waals surface area contributed by atoms with Crippen molar-refractivity contribution < 1.29 is 0 Å². The van der Waals surface area contributed by atoms with Crippen molar-refractivity contribution in [2.45, 2.75) is 0 Å². The van der Waals surface area contributed by atoms with Gasteiger partial charge >= 0.3 is 0 Å². The summed E-state index contributed by atoms with van der Waals surface area (Å²) in [5, 5.41) is 28.2. The number of benzene rings is 24. The lowest BCUT2D eigenvalue weighted by molar-refractivity contribution is 1.60. The molecule has 0 aliphatic heterocycles. The van der Waals surface area contributed by atoms with E-state index in [1.54, 1.807) is 0 Å². The fourth-order valence-electron chi connectivity index (χ4n) is 19.3. The summed E-state index contributed by atoms with van der Waals surface area (Å²) in [7, 11) is 0. The van der Waals surface area contributed by atoms with Gasteiger partial charge in [0.1, 0.15) is 0 Å². The predicted octanol–water partition coefficient (Wildman–Crippen LogP) is 34.4. The van der Waals surface area contributed by atoms with Gasteiger partial charge in [-0.15, -0.1) is 0 Å². The van der Waals surface area contributed by atoms with E-state index in [4.69, 9.17) is 0 Å². The Labute approximate surface area is 710 Å². The van der Waals surface area contributed by atoms with E-state index < -0.39 is 0 Å². The zero-order chi connectivity index (χ0) is 80.8. The van der Waals surface area contributed by atoms with Gasteiger partial charge in [0.25, 0.3) is 0 Å². The lowest BCUT2D eigenvalue weighted by Gasteiger charge is -2.20. The molecule has 0 heteroatoms. The van der Waals surface area contributed by atoms with Crippen LogP contribution in [0.2, 0.25) is 0 Å². The van der Waals surface area contributed by atoms with E-state index in [1.807, 2.05) is 0 Å². The Balaban J connectivity index is 0.000000109. The lowest BCUT2D eigenvalue weighted by atomic mass is 9.83. The molecule has 24 aromatic rings. The third-order valence-electron chi connectivity index (χ3n) is 25.0. The largest absolute Gasteiger partial charge is 0.0622 e. The highest BCUT2D eigenvalue weighted by atomic mass is 14.3. The van der Waals surface area contributed by atoms with Gasteiger partial charge in [0, 0.05) is 0 Å². The molecule has 0 aliphatic carbocycles. The summed E-state index contributed by atoms with van der Waals surface area (Å²) in [6.07, 6.45) is 0. The molecule has 0 bridgehead atoms. The van der Waals surface area contributed by atoms with Crippen molar-refractivity contribution in [1.29, 1.82) is 0 Å². The summed E-state index contributed by atoms with van der Waals surface area (Å²) in [6.45, 7) is 0. The number of hydrogen-bond acceptors (Lipinski definition) is 0. The van der Waals surface area contributed by atoms with Gasteiger partial charge in [-0.25, -0.2) is 0 Å². The average Bonchev–Trinajstić information content (AvgIpc) is 0.725. The number of rotatable bonds is 10. The smallest absolute Gasteiger partial charge is 0.00141 e. The van der Waals surface area contributed by atoms with Crippen molar-refractivity contribution in [2.24, 2.45) is 0 Å². The van der Waals surface area contributed by atoms with E-state index in [0.29, 0.717) is 0 Å². The van der Waals surface area contributed by atoms with Gasteiger partial charge in [-0.3, -0.25) is 0 Å². The Kier molecular flexibility index (Phi) is 18.8. The van der Waals surface area contributed by atoms with Gasteiger partial charge in [0.2, 0.25) is 0 Å². The van der Waals surface area contributed by atoms with Crippen LogP contribution in [0.4, 0.5) is 0 Å². The third kappa shape index (κ3) is 13.2. The molecule has 0 heterocycles. The van der Waals surface area contributed by atoms with Crippen molar-refractivity contribution in [3.8, 4) is 111 Å². The molecule has 24 aromatic carbocycles. The zero-order valence-electron chi connectivity index (χ0n) is 67.2. The summed E-state index contributed by atoms with van der Waals surface area (Å²) < 4.78 is 0. The molecule has 0 unspecified atom stereocenters. The van der Waals surface area contributed by atoms with Gasteiger partial charge in [0.05, 0.1) is 0 Å². The van der Waals surface area contributed by atoms with Crippen molar-refractivity contribution >= 4 is 118 Å². The molecule has 0 radical (unpaired) electrons. The first-order valence-electron chi connectivity index (χ1n) is 42.3. The number of fused-ring (bicyclic) bond motifs is 14. The summed E-state index contributed by atoms with van der Waals surface area (Å²) in [5.41, 5.74) is 25.1. The first kappa shape index (κ1) is 72.6. The molecule has 0 aromatic heterocycles. The molecular weight excluding hydrogens is 1470 g/mol. The molecule has 0 atom stereocenters. The molecule has 0 spiro atoms. The molecule has 0 fully saturated rings. The maximum Gasteiger partial charge on any atom is -0.00141 e. The van der Waals surface area contributed by atoms with Gasteiger partial charge in [-0.1, -0.05) is 479 Å². The predicted molar refractivity (Wildman–Crippen MR) is 526 cm³/mol. The topological polar surface area (TPSA) is 0 Å². The Morgan fingerprint density at radius 1 is 0.0902 bits per heavy atom. The average molecular weight is 1550 g/mol. The van der Waals surface area contributed by atoms with Crippen LogP contribution in [0.15, 0.2) is 485 Å². The molecular formula is C122H80. The van der Waals surface area contributed by atoms with Crippen LogP contribution in [-0.4, -0.2) is 0 Å². The second-order valence-electron chi connectivity index (χ2n) is 31.9. The zero-order valence-corrected chi connectivity index (χ0v) is 67.2. The monoisotopic (exact) mass is 1540 g/mol. The molecule has 122 heavy (non-hydrogen) atoms. The standard InChI is InChI=1S/C42H28.2C40H26/c1-3-11-29(12-4-1)31-19-23-34(24-20-31)40-37-17-9-10-18-38(37)41(42-36-16-8-7-15-33(36)27-28-39(40)42)35-25-21-32(22-26-35)30-13-5-2-6-14-30;1-2-11-27(12-3-1)28-21-23-31(24-22-28)38-35-18-8-9-19-36(35)39(34-20-10-15-29-13-4-6-16-32(29)34)37-26-25-30-14-5-7-17-33(30)40(37)38;1-2-10-27(11-3-1)29-18-21-31(22-19-29)39-36-17-9-8-16-35(36)38(33-23-20-28-12-4-5-14-32(28)26-33)37-25-24-30-13-6-7-15-34(30)40(37)39/h1-28H;2*1-26H. The molecule has 0 N–H and O–H groups in total. The van der Waals surface area contributed by atoms with Crippen LogP contribution in [0.3, 0.4) is 0 Å². The second-order valence-corrected chi connectivity index (χ2v) is 31.9. The molecule has 0 amide bonds. The molecule has 0 aliphatic rings. The summed E-state index contributed by atoms with van der Waals surface area (Å²) in [6, 6.07) is 177. The molecule has 0 saturated heterocycles. The fraction of sp³-hybridized carbons (Fsp3) is 0. The minimum Gasteiger partial charge on any atom is -0.0622 e. The van der Waals surface area contributed by atoms with E-state index >= 15 is 0 Å². The Bertz CT molecular complexity index is 8080. The van der Waals surface area contributed by atoms with Gasteiger partial charge in [0.15, 0.2) is 0 Å². The number of hydrogen-bond donors (Lipinski definition) is 0. The van der Waals surface area contributed by atoms with Crippen molar-refractivity contribution in [1.82, 2.24) is 0 Å². The Hall–Kier alpha value is -15.9. The molecule has 0 nitrogen and oxygen atoms in total. The van der Waals surface area contributed by atoms with Gasteiger partial charge < -0.3 is 0 Å². The van der Waals surface area contributed by atoms with Crippen LogP contribution in [-0.2, 0) is 0 Å². The molecule has 568 valence electrons. The fourth-order valence-corrected chi connectivity index (χ4v) is 19.3. The minimum atomic E-state index is 1.23. The van der Waals surface area contributed by atoms with Gasteiger partial charge in [-0.05, 0) is 236 Å². The SMILES string of the molecule is c1ccc(-c2ccc(-c3c4ccccc4c(-c4ccc(-c5ccccc5)cc4)c4c3ccc3ccccc34)cc2)cc1.c1ccc(-c2ccc(-c3c4ccccc4c(-c4ccc5ccccc5c4)c4ccc5ccccc5c34)cc2)cc1.c1ccc(-c2ccc(-c3c4ccccc4c(-c4cccc5ccccc45)c4ccc5ccccc5c34)cc2)cc1. The third-order valence-corrected chi connectivity index (χ3v) is 25.0. The first-order chi connectivity index (χ1) is 60.6. The van der Waals surface area contributed by atoms with Crippen LogP contribution in [0.5, 0.6) is 0 Å². The van der Waals surface area contributed by atoms with Crippen LogP contribution >= 0.6 is 0 Å². The van der Waals surface area contributed by atoms with E-state index in [1.165, 1.54) is 230 Å². The molecule has 24 rings (SSSR count).